The maximum atomic E-state index is 12.8. The predicted octanol–water partition coefficient (Wildman–Crippen LogP) is 3.90. The molecule has 164 valence electrons. The molecule has 31 heavy (non-hydrogen) atoms. The second-order valence-corrected chi connectivity index (χ2v) is 7.52. The first-order valence-corrected chi connectivity index (χ1v) is 10.5. The summed E-state index contributed by atoms with van der Waals surface area (Å²) in [5.74, 6) is -0.559. The molecule has 3 rings (SSSR count). The molecule has 0 saturated carbocycles. The van der Waals surface area contributed by atoms with Gasteiger partial charge in [0.15, 0.2) is 6.10 Å². The van der Waals surface area contributed by atoms with E-state index in [9.17, 15) is 14.4 Å². The zero-order valence-corrected chi connectivity index (χ0v) is 17.9. The molecule has 0 radical (unpaired) electrons. The van der Waals surface area contributed by atoms with Crippen LogP contribution >= 0.6 is 0 Å². The number of anilines is 1. The number of amides is 2. The molecule has 1 aliphatic rings. The molecule has 0 unspecified atom stereocenters. The fraction of sp³-hybridized carbons (Fsp3) is 0.375. The van der Waals surface area contributed by atoms with E-state index in [1.165, 1.54) is 0 Å². The summed E-state index contributed by atoms with van der Waals surface area (Å²) < 4.78 is 10.6. The van der Waals surface area contributed by atoms with Crippen LogP contribution in [0.25, 0.3) is 0 Å². The van der Waals surface area contributed by atoms with Gasteiger partial charge in [0.25, 0.3) is 11.8 Å². The van der Waals surface area contributed by atoms with Crippen molar-refractivity contribution >= 4 is 23.5 Å². The van der Waals surface area contributed by atoms with E-state index in [-0.39, 0.29) is 17.4 Å². The number of para-hydroxylation sites is 1. The Labute approximate surface area is 182 Å². The zero-order valence-electron chi connectivity index (χ0n) is 17.9. The summed E-state index contributed by atoms with van der Waals surface area (Å²) in [6.07, 6.45) is 3.26. The van der Waals surface area contributed by atoms with E-state index in [0.717, 1.165) is 25.7 Å². The highest BCUT2D eigenvalue weighted by atomic mass is 16.5. The van der Waals surface area contributed by atoms with Crippen molar-refractivity contribution in [3.63, 3.8) is 0 Å². The highest BCUT2D eigenvalue weighted by molar-refractivity contribution is 6.08. The first kappa shape index (κ1) is 22.3. The number of nitrogens with one attached hydrogen (secondary N) is 1. The second kappa shape index (κ2) is 10.6. The Kier molecular flexibility index (Phi) is 7.65. The van der Waals surface area contributed by atoms with E-state index in [2.05, 4.69) is 5.32 Å². The molecule has 0 bridgehead atoms. The lowest BCUT2D eigenvalue weighted by molar-refractivity contribution is -0.139. The van der Waals surface area contributed by atoms with E-state index in [4.69, 9.17) is 9.47 Å². The maximum Gasteiger partial charge on any atom is 0.341 e. The quantitative estimate of drug-likeness (QED) is 0.711. The molecule has 0 spiro atoms. The lowest BCUT2D eigenvalue weighted by Crippen LogP contribution is -2.40. The second-order valence-electron chi connectivity index (χ2n) is 7.52. The van der Waals surface area contributed by atoms with Gasteiger partial charge in [-0.2, -0.15) is 0 Å². The van der Waals surface area contributed by atoms with Crippen LogP contribution in [-0.2, 0) is 9.53 Å². The largest absolute Gasteiger partial charge is 0.497 e. The van der Waals surface area contributed by atoms with Crippen molar-refractivity contribution < 1.29 is 23.9 Å². The number of benzene rings is 2. The maximum absolute atomic E-state index is 12.8. The fourth-order valence-electron chi connectivity index (χ4n) is 3.53. The number of rotatable bonds is 6. The van der Waals surface area contributed by atoms with Crippen LogP contribution in [0, 0.1) is 0 Å². The van der Waals surface area contributed by atoms with Crippen LogP contribution in [0.15, 0.2) is 48.5 Å². The molecule has 7 heteroatoms. The van der Waals surface area contributed by atoms with Crippen LogP contribution in [0.4, 0.5) is 5.69 Å². The van der Waals surface area contributed by atoms with Crippen molar-refractivity contribution in [2.24, 2.45) is 0 Å². The average molecular weight is 424 g/mol. The minimum atomic E-state index is -0.893. The summed E-state index contributed by atoms with van der Waals surface area (Å²) >= 11 is 0. The number of carbonyl (C=O) groups excluding carboxylic acids is 3. The third kappa shape index (κ3) is 5.84. The molecule has 2 aromatic rings. The Bertz CT molecular complexity index is 918. The number of methoxy groups -OCH3 is 1. The van der Waals surface area contributed by atoms with Crippen LogP contribution in [0.3, 0.4) is 0 Å². The lowest BCUT2D eigenvalue weighted by Gasteiger charge is -2.24. The van der Waals surface area contributed by atoms with Crippen LogP contribution in [0.2, 0.25) is 0 Å². The number of hydrogen-bond acceptors (Lipinski definition) is 5. The Morgan fingerprint density at radius 3 is 2.23 bits per heavy atom. The van der Waals surface area contributed by atoms with Gasteiger partial charge in [-0.3, -0.25) is 9.59 Å². The number of esters is 1. The van der Waals surface area contributed by atoms with Crippen LogP contribution < -0.4 is 10.1 Å². The van der Waals surface area contributed by atoms with Crippen molar-refractivity contribution in [2.75, 3.05) is 25.5 Å². The van der Waals surface area contributed by atoms with Crippen LogP contribution in [0.5, 0.6) is 5.75 Å². The van der Waals surface area contributed by atoms with Gasteiger partial charge in [-0.1, -0.05) is 25.0 Å². The highest BCUT2D eigenvalue weighted by Crippen LogP contribution is 2.20. The Morgan fingerprint density at radius 1 is 0.935 bits per heavy atom. The van der Waals surface area contributed by atoms with Gasteiger partial charge in [0.1, 0.15) is 5.75 Å². The normalized spacial score (nSPS) is 14.8. The monoisotopic (exact) mass is 424 g/mol. The van der Waals surface area contributed by atoms with Crippen LogP contribution in [0.1, 0.15) is 53.3 Å². The minimum absolute atomic E-state index is 0.185. The van der Waals surface area contributed by atoms with Crippen molar-refractivity contribution in [3.8, 4) is 5.75 Å². The molecular weight excluding hydrogens is 396 g/mol. The van der Waals surface area contributed by atoms with Crippen molar-refractivity contribution in [1.82, 2.24) is 4.90 Å². The van der Waals surface area contributed by atoms with Gasteiger partial charge in [0.2, 0.25) is 0 Å². The molecule has 2 amide bonds. The number of hydrogen-bond donors (Lipinski definition) is 1. The highest BCUT2D eigenvalue weighted by Gasteiger charge is 2.26. The third-order valence-electron chi connectivity index (χ3n) is 5.30. The van der Waals surface area contributed by atoms with Crippen molar-refractivity contribution in [3.05, 3.63) is 59.7 Å². The summed E-state index contributed by atoms with van der Waals surface area (Å²) in [5, 5.41) is 2.74. The van der Waals surface area contributed by atoms with Gasteiger partial charge in [-0.15, -0.1) is 0 Å². The molecule has 1 N–H and O–H groups in total. The van der Waals surface area contributed by atoms with Gasteiger partial charge < -0.3 is 19.7 Å². The number of nitrogens with zero attached hydrogens (tertiary/aromatic N) is 1. The summed E-state index contributed by atoms with van der Waals surface area (Å²) in [4.78, 5) is 39.8. The first-order chi connectivity index (χ1) is 15.0. The van der Waals surface area contributed by atoms with Crippen LogP contribution in [-0.4, -0.2) is 49.0 Å². The van der Waals surface area contributed by atoms with E-state index in [1.807, 2.05) is 0 Å². The standard InChI is InChI=1S/C24H28N2O5/c1-17(23(28)26-15-7-3-4-8-16-26)31-24(29)20-9-5-6-10-21(20)25-22(27)18-11-13-19(30-2)14-12-18/h5-6,9-14,17H,3-4,7-8,15-16H2,1-2H3,(H,25,27)/t17-/m0/s1. The summed E-state index contributed by atoms with van der Waals surface area (Å²) in [6, 6.07) is 13.2. The third-order valence-corrected chi connectivity index (χ3v) is 5.30. The molecule has 1 saturated heterocycles. The molecule has 2 aromatic carbocycles. The van der Waals surface area contributed by atoms with Gasteiger partial charge in [0.05, 0.1) is 18.4 Å². The molecule has 0 aromatic heterocycles. The number of likely N-dealkylation sites (tertiary alicyclic amines) is 1. The SMILES string of the molecule is COc1ccc(C(=O)Nc2ccccc2C(=O)O[C@@H](C)C(=O)N2CCCCCC2)cc1. The molecule has 0 aliphatic carbocycles. The summed E-state index contributed by atoms with van der Waals surface area (Å²) in [5.41, 5.74) is 0.941. The molecular formula is C24H28N2O5. The van der Waals surface area contributed by atoms with Crippen molar-refractivity contribution in [1.29, 1.82) is 0 Å². The molecule has 1 heterocycles. The smallest absolute Gasteiger partial charge is 0.341 e. The Balaban J connectivity index is 1.67. The minimum Gasteiger partial charge on any atom is -0.497 e. The summed E-state index contributed by atoms with van der Waals surface area (Å²) in [6.45, 7) is 2.97. The number of carbonyl (C=O) groups is 3. The predicted molar refractivity (Wildman–Crippen MR) is 117 cm³/mol. The zero-order chi connectivity index (χ0) is 22.2. The van der Waals surface area contributed by atoms with Gasteiger partial charge in [-0.05, 0) is 56.2 Å². The van der Waals surface area contributed by atoms with Gasteiger partial charge in [-0.25, -0.2) is 4.79 Å². The van der Waals surface area contributed by atoms with E-state index < -0.39 is 12.1 Å². The van der Waals surface area contributed by atoms with Gasteiger partial charge in [0, 0.05) is 18.7 Å². The lowest BCUT2D eigenvalue weighted by atomic mass is 10.1. The van der Waals surface area contributed by atoms with E-state index in [0.29, 0.717) is 30.1 Å². The Morgan fingerprint density at radius 2 is 1.58 bits per heavy atom. The fourth-order valence-corrected chi connectivity index (χ4v) is 3.53. The topological polar surface area (TPSA) is 84.9 Å². The molecule has 7 nitrogen and oxygen atoms in total. The van der Waals surface area contributed by atoms with Gasteiger partial charge >= 0.3 is 5.97 Å². The molecule has 1 atom stereocenters. The molecule has 1 aliphatic heterocycles. The molecule has 1 fully saturated rings. The average Bonchev–Trinajstić information content (AvgIpc) is 3.08. The van der Waals surface area contributed by atoms with E-state index in [1.54, 1.807) is 67.5 Å². The Hall–Kier alpha value is -3.35. The van der Waals surface area contributed by atoms with E-state index >= 15 is 0 Å². The van der Waals surface area contributed by atoms with Crippen molar-refractivity contribution in [2.45, 2.75) is 38.7 Å². The first-order valence-electron chi connectivity index (χ1n) is 10.5. The summed E-state index contributed by atoms with van der Waals surface area (Å²) in [7, 11) is 1.55. The number of ether oxygens (including phenoxy) is 2.